The number of rotatable bonds is 11. The van der Waals surface area contributed by atoms with Crippen LogP contribution >= 0.6 is 0 Å². The van der Waals surface area contributed by atoms with Crippen LogP contribution in [0.2, 0.25) is 0 Å². The summed E-state index contributed by atoms with van der Waals surface area (Å²) in [6.07, 6.45) is 1.83. The van der Waals surface area contributed by atoms with E-state index in [9.17, 15) is 13.6 Å². The molecule has 2 aromatic carbocycles. The van der Waals surface area contributed by atoms with Crippen LogP contribution in [0.3, 0.4) is 0 Å². The van der Waals surface area contributed by atoms with E-state index in [1.54, 1.807) is 19.1 Å². The van der Waals surface area contributed by atoms with Crippen LogP contribution in [0.5, 0.6) is 5.75 Å². The van der Waals surface area contributed by atoms with Gasteiger partial charge in [0.1, 0.15) is 5.75 Å². The SMILES string of the molecule is CC(NC(=O)CCCOCCc1ccccc1)c1cccc(OC(F)F)c1. The number of hydrogen-bond acceptors (Lipinski definition) is 3. The van der Waals surface area contributed by atoms with Gasteiger partial charge in [0.2, 0.25) is 5.91 Å². The monoisotopic (exact) mass is 377 g/mol. The molecule has 0 aliphatic carbocycles. The highest BCUT2D eigenvalue weighted by Gasteiger charge is 2.11. The molecule has 0 heterocycles. The average molecular weight is 377 g/mol. The molecule has 2 aromatic rings. The van der Waals surface area contributed by atoms with Gasteiger partial charge in [-0.3, -0.25) is 4.79 Å². The molecule has 1 unspecified atom stereocenters. The third-order valence-corrected chi connectivity index (χ3v) is 4.03. The zero-order valence-corrected chi connectivity index (χ0v) is 15.4. The minimum absolute atomic E-state index is 0.0791. The van der Waals surface area contributed by atoms with Crippen LogP contribution < -0.4 is 10.1 Å². The Balaban J connectivity index is 1.63. The van der Waals surface area contributed by atoms with Crippen LogP contribution in [0.25, 0.3) is 0 Å². The van der Waals surface area contributed by atoms with Crippen LogP contribution in [-0.2, 0) is 16.0 Å². The Morgan fingerprint density at radius 3 is 2.59 bits per heavy atom. The van der Waals surface area contributed by atoms with Crippen molar-refractivity contribution in [3.63, 3.8) is 0 Å². The van der Waals surface area contributed by atoms with Crippen LogP contribution in [-0.4, -0.2) is 25.7 Å². The molecule has 0 aliphatic heterocycles. The van der Waals surface area contributed by atoms with Crippen molar-refractivity contribution in [2.75, 3.05) is 13.2 Å². The zero-order chi connectivity index (χ0) is 19.5. The topological polar surface area (TPSA) is 47.6 Å². The smallest absolute Gasteiger partial charge is 0.387 e. The summed E-state index contributed by atoms with van der Waals surface area (Å²) in [6.45, 7) is 0.0770. The van der Waals surface area contributed by atoms with Gasteiger partial charge >= 0.3 is 6.61 Å². The average Bonchev–Trinajstić information content (AvgIpc) is 2.65. The molecule has 2 rings (SSSR count). The van der Waals surface area contributed by atoms with Crippen molar-refractivity contribution in [2.45, 2.75) is 38.8 Å². The van der Waals surface area contributed by atoms with E-state index < -0.39 is 6.61 Å². The normalized spacial score (nSPS) is 12.0. The third-order valence-electron chi connectivity index (χ3n) is 4.03. The molecular weight excluding hydrogens is 352 g/mol. The highest BCUT2D eigenvalue weighted by molar-refractivity contribution is 5.76. The molecule has 0 saturated carbocycles. The highest BCUT2D eigenvalue weighted by atomic mass is 19.3. The van der Waals surface area contributed by atoms with Gasteiger partial charge in [0.05, 0.1) is 12.6 Å². The highest BCUT2D eigenvalue weighted by Crippen LogP contribution is 2.20. The molecule has 0 radical (unpaired) electrons. The van der Waals surface area contributed by atoms with Crippen LogP contribution in [0.15, 0.2) is 54.6 Å². The quantitative estimate of drug-likeness (QED) is 0.587. The van der Waals surface area contributed by atoms with Gasteiger partial charge in [-0.05, 0) is 43.0 Å². The molecular formula is C21H25F2NO3. The first-order valence-electron chi connectivity index (χ1n) is 9.00. The van der Waals surface area contributed by atoms with Gasteiger partial charge in [0.25, 0.3) is 0 Å². The van der Waals surface area contributed by atoms with Crippen LogP contribution in [0, 0.1) is 0 Å². The fraction of sp³-hybridized carbons (Fsp3) is 0.381. The number of nitrogens with one attached hydrogen (secondary N) is 1. The lowest BCUT2D eigenvalue weighted by Crippen LogP contribution is -2.26. The van der Waals surface area contributed by atoms with E-state index in [-0.39, 0.29) is 17.7 Å². The van der Waals surface area contributed by atoms with E-state index in [4.69, 9.17) is 4.74 Å². The fourth-order valence-corrected chi connectivity index (χ4v) is 2.63. The first-order valence-corrected chi connectivity index (χ1v) is 9.00. The molecule has 27 heavy (non-hydrogen) atoms. The molecule has 1 atom stereocenters. The molecule has 1 amide bonds. The number of hydrogen-bond donors (Lipinski definition) is 1. The Kier molecular flexibility index (Phi) is 8.71. The van der Waals surface area contributed by atoms with Crippen molar-refractivity contribution in [1.82, 2.24) is 5.32 Å². The predicted molar refractivity (Wildman–Crippen MR) is 99.8 cm³/mol. The Labute approximate surface area is 158 Å². The molecule has 0 fully saturated rings. The van der Waals surface area contributed by atoms with Crippen molar-refractivity contribution in [3.8, 4) is 5.75 Å². The lowest BCUT2D eigenvalue weighted by Gasteiger charge is -2.15. The maximum absolute atomic E-state index is 12.3. The van der Waals surface area contributed by atoms with E-state index in [1.807, 2.05) is 18.2 Å². The molecule has 0 aliphatic rings. The maximum Gasteiger partial charge on any atom is 0.387 e. The summed E-state index contributed by atoms with van der Waals surface area (Å²) >= 11 is 0. The molecule has 1 N–H and O–H groups in total. The summed E-state index contributed by atoms with van der Waals surface area (Å²) in [4.78, 5) is 12.0. The minimum atomic E-state index is -2.87. The van der Waals surface area contributed by atoms with Crippen molar-refractivity contribution in [1.29, 1.82) is 0 Å². The number of benzene rings is 2. The molecule has 146 valence electrons. The summed E-state index contributed by atoms with van der Waals surface area (Å²) in [6, 6.07) is 16.1. The second-order valence-corrected chi connectivity index (χ2v) is 6.19. The van der Waals surface area contributed by atoms with E-state index in [0.29, 0.717) is 31.6 Å². The van der Waals surface area contributed by atoms with Gasteiger partial charge in [-0.25, -0.2) is 0 Å². The molecule has 6 heteroatoms. The van der Waals surface area contributed by atoms with Gasteiger partial charge in [-0.2, -0.15) is 8.78 Å². The largest absolute Gasteiger partial charge is 0.435 e. The third kappa shape index (κ3) is 8.17. The lowest BCUT2D eigenvalue weighted by atomic mass is 10.1. The second kappa shape index (κ2) is 11.3. The number of alkyl halides is 2. The standard InChI is InChI=1S/C21H25F2NO3/c1-16(18-9-5-10-19(15-18)27-21(22)23)24-20(25)11-6-13-26-14-12-17-7-3-2-4-8-17/h2-5,7-10,15-16,21H,6,11-14H2,1H3,(H,24,25). The summed E-state index contributed by atoms with van der Waals surface area (Å²) in [5.74, 6) is -0.0234. The Morgan fingerprint density at radius 1 is 1.07 bits per heavy atom. The molecule has 0 spiro atoms. The van der Waals surface area contributed by atoms with E-state index in [1.165, 1.54) is 17.7 Å². The summed E-state index contributed by atoms with van der Waals surface area (Å²) in [5.41, 5.74) is 1.93. The van der Waals surface area contributed by atoms with Crippen molar-refractivity contribution in [3.05, 3.63) is 65.7 Å². The number of ether oxygens (including phenoxy) is 2. The van der Waals surface area contributed by atoms with Crippen LogP contribution in [0.4, 0.5) is 8.78 Å². The first kappa shape index (κ1) is 20.8. The van der Waals surface area contributed by atoms with Crippen molar-refractivity contribution >= 4 is 5.91 Å². The van der Waals surface area contributed by atoms with Crippen LogP contribution in [0.1, 0.15) is 36.9 Å². The molecule has 0 aromatic heterocycles. The van der Waals surface area contributed by atoms with E-state index >= 15 is 0 Å². The van der Waals surface area contributed by atoms with E-state index in [0.717, 1.165) is 6.42 Å². The number of carbonyl (C=O) groups excluding carboxylic acids is 1. The number of halogens is 2. The summed E-state index contributed by atoms with van der Waals surface area (Å²) in [5, 5.41) is 2.86. The van der Waals surface area contributed by atoms with Gasteiger partial charge in [-0.1, -0.05) is 42.5 Å². The molecule has 0 bridgehead atoms. The predicted octanol–water partition coefficient (Wildman–Crippen LogP) is 4.50. The second-order valence-electron chi connectivity index (χ2n) is 6.19. The molecule has 0 saturated heterocycles. The minimum Gasteiger partial charge on any atom is -0.435 e. The fourth-order valence-electron chi connectivity index (χ4n) is 2.63. The Bertz CT molecular complexity index is 695. The van der Waals surface area contributed by atoms with Gasteiger partial charge in [0.15, 0.2) is 0 Å². The van der Waals surface area contributed by atoms with Crippen molar-refractivity contribution in [2.24, 2.45) is 0 Å². The Hall–Kier alpha value is -2.47. The number of carbonyl (C=O) groups is 1. The number of amides is 1. The summed E-state index contributed by atoms with van der Waals surface area (Å²) in [7, 11) is 0. The van der Waals surface area contributed by atoms with E-state index in [2.05, 4.69) is 22.2 Å². The summed E-state index contributed by atoms with van der Waals surface area (Å²) < 4.78 is 34.5. The first-order chi connectivity index (χ1) is 13.0. The van der Waals surface area contributed by atoms with Gasteiger partial charge < -0.3 is 14.8 Å². The lowest BCUT2D eigenvalue weighted by molar-refractivity contribution is -0.122. The molecule has 4 nitrogen and oxygen atoms in total. The van der Waals surface area contributed by atoms with Crippen molar-refractivity contribution < 1.29 is 23.0 Å². The zero-order valence-electron chi connectivity index (χ0n) is 15.4. The van der Waals surface area contributed by atoms with Gasteiger partial charge in [0, 0.05) is 13.0 Å². The van der Waals surface area contributed by atoms with Gasteiger partial charge in [-0.15, -0.1) is 0 Å². The Morgan fingerprint density at radius 2 is 1.85 bits per heavy atom. The maximum atomic E-state index is 12.3.